The van der Waals surface area contributed by atoms with Gasteiger partial charge < -0.3 is 5.32 Å². The maximum atomic E-state index is 13.2. The number of hydrogen-bond acceptors (Lipinski definition) is 3. The van der Waals surface area contributed by atoms with Crippen molar-refractivity contribution >= 4 is 22.6 Å². The van der Waals surface area contributed by atoms with Crippen molar-refractivity contribution in [2.45, 2.75) is 34.2 Å². The van der Waals surface area contributed by atoms with Gasteiger partial charge in [-0.15, -0.1) is 0 Å². The van der Waals surface area contributed by atoms with Crippen molar-refractivity contribution in [3.05, 3.63) is 87.3 Å². The van der Waals surface area contributed by atoms with Crippen LogP contribution in [0.25, 0.3) is 16.7 Å². The number of amides is 1. The van der Waals surface area contributed by atoms with Gasteiger partial charge in [-0.25, -0.2) is 9.67 Å². The molecule has 0 aliphatic carbocycles. The Balaban J connectivity index is 1.79. The lowest BCUT2D eigenvalue weighted by Gasteiger charge is -2.14. The molecular formula is C24H24N4O2. The molecule has 1 N–H and O–H groups in total. The van der Waals surface area contributed by atoms with E-state index in [-0.39, 0.29) is 18.0 Å². The first-order valence-corrected chi connectivity index (χ1v) is 9.86. The summed E-state index contributed by atoms with van der Waals surface area (Å²) in [6.07, 6.45) is 1.63. The number of carbonyl (C=O) groups excluding carboxylic acids is 1. The number of rotatable bonds is 4. The summed E-state index contributed by atoms with van der Waals surface area (Å²) < 4.78 is 3.18. The fourth-order valence-corrected chi connectivity index (χ4v) is 3.54. The van der Waals surface area contributed by atoms with Crippen molar-refractivity contribution in [3.8, 4) is 5.69 Å². The molecule has 6 heteroatoms. The minimum atomic E-state index is -0.219. The molecule has 0 spiro atoms. The van der Waals surface area contributed by atoms with E-state index in [0.717, 1.165) is 27.9 Å². The summed E-state index contributed by atoms with van der Waals surface area (Å²) in [5.41, 5.74) is 6.03. The van der Waals surface area contributed by atoms with E-state index in [0.29, 0.717) is 16.7 Å². The van der Waals surface area contributed by atoms with E-state index in [1.54, 1.807) is 23.0 Å². The van der Waals surface area contributed by atoms with Gasteiger partial charge in [0.15, 0.2) is 5.65 Å². The first-order valence-electron chi connectivity index (χ1n) is 9.86. The van der Waals surface area contributed by atoms with Crippen molar-refractivity contribution in [2.24, 2.45) is 0 Å². The Bertz CT molecular complexity index is 1330. The third kappa shape index (κ3) is 3.52. The van der Waals surface area contributed by atoms with E-state index in [1.807, 2.05) is 64.1 Å². The Labute approximate surface area is 174 Å². The van der Waals surface area contributed by atoms with E-state index >= 15 is 0 Å². The normalized spacial score (nSPS) is 11.1. The van der Waals surface area contributed by atoms with Crippen LogP contribution in [0.2, 0.25) is 0 Å². The molecular weight excluding hydrogens is 376 g/mol. The van der Waals surface area contributed by atoms with Crippen LogP contribution in [0, 0.1) is 27.7 Å². The molecule has 0 fully saturated rings. The highest BCUT2D eigenvalue weighted by molar-refractivity contribution is 5.92. The lowest BCUT2D eigenvalue weighted by molar-refractivity contribution is -0.116. The van der Waals surface area contributed by atoms with Crippen molar-refractivity contribution < 1.29 is 4.79 Å². The summed E-state index contributed by atoms with van der Waals surface area (Å²) in [5.74, 6) is -0.219. The predicted molar refractivity (Wildman–Crippen MR) is 119 cm³/mol. The van der Waals surface area contributed by atoms with Gasteiger partial charge in [-0.05, 0) is 80.3 Å². The zero-order valence-corrected chi connectivity index (χ0v) is 17.6. The average molecular weight is 400 g/mol. The molecule has 4 aromatic rings. The van der Waals surface area contributed by atoms with Gasteiger partial charge >= 0.3 is 0 Å². The molecule has 6 nitrogen and oxygen atoms in total. The molecule has 30 heavy (non-hydrogen) atoms. The highest BCUT2D eigenvalue weighted by Gasteiger charge is 2.18. The summed E-state index contributed by atoms with van der Waals surface area (Å²) >= 11 is 0. The van der Waals surface area contributed by atoms with Crippen molar-refractivity contribution in [2.75, 3.05) is 5.32 Å². The smallest absolute Gasteiger partial charge is 0.280 e. The fraction of sp³-hybridized carbons (Fsp3) is 0.208. The van der Waals surface area contributed by atoms with Crippen LogP contribution < -0.4 is 10.9 Å². The van der Waals surface area contributed by atoms with Gasteiger partial charge in [-0.2, -0.15) is 0 Å². The number of carbonyl (C=O) groups is 1. The Morgan fingerprint density at radius 3 is 2.50 bits per heavy atom. The van der Waals surface area contributed by atoms with Crippen molar-refractivity contribution in [3.63, 3.8) is 0 Å². The molecule has 2 aromatic carbocycles. The van der Waals surface area contributed by atoms with E-state index in [4.69, 9.17) is 0 Å². The zero-order chi connectivity index (χ0) is 21.4. The molecule has 152 valence electrons. The molecule has 0 aliphatic heterocycles. The fourth-order valence-electron chi connectivity index (χ4n) is 3.54. The van der Waals surface area contributed by atoms with E-state index in [1.165, 1.54) is 4.68 Å². The Morgan fingerprint density at radius 1 is 0.967 bits per heavy atom. The van der Waals surface area contributed by atoms with Crippen LogP contribution in [0.4, 0.5) is 5.69 Å². The second-order valence-corrected chi connectivity index (χ2v) is 7.68. The summed E-state index contributed by atoms with van der Waals surface area (Å²) in [4.78, 5) is 30.5. The van der Waals surface area contributed by atoms with Crippen molar-refractivity contribution in [1.29, 1.82) is 0 Å². The quantitative estimate of drug-likeness (QED) is 0.562. The van der Waals surface area contributed by atoms with Gasteiger partial charge in [0.1, 0.15) is 6.54 Å². The largest absolute Gasteiger partial charge is 0.324 e. The molecule has 0 aliphatic rings. The Morgan fingerprint density at radius 2 is 1.73 bits per heavy atom. The second kappa shape index (κ2) is 7.63. The number of fused-ring (bicyclic) bond motifs is 1. The number of anilines is 1. The number of aromatic nitrogens is 3. The third-order valence-electron chi connectivity index (χ3n) is 5.39. The lowest BCUT2D eigenvalue weighted by Crippen LogP contribution is -2.27. The summed E-state index contributed by atoms with van der Waals surface area (Å²) in [6, 6.07) is 15.2. The number of nitrogens with zero attached hydrogens (tertiary/aromatic N) is 3. The first kappa shape index (κ1) is 19.6. The summed E-state index contributed by atoms with van der Waals surface area (Å²) in [6.45, 7) is 7.93. The van der Waals surface area contributed by atoms with E-state index < -0.39 is 0 Å². The SMILES string of the molecule is Cc1ccc(C)c(NC(=O)Cn2c3ncccc3c(=O)n2-c2ccc(C)c(C)c2)c1. The predicted octanol–water partition coefficient (Wildman–Crippen LogP) is 4.06. The van der Waals surface area contributed by atoms with Crippen molar-refractivity contribution in [1.82, 2.24) is 14.3 Å². The topological polar surface area (TPSA) is 68.9 Å². The average Bonchev–Trinajstić information content (AvgIpc) is 2.99. The van der Waals surface area contributed by atoms with Crippen LogP contribution >= 0.6 is 0 Å². The minimum absolute atomic E-state index is 0.0317. The number of hydrogen-bond donors (Lipinski definition) is 1. The van der Waals surface area contributed by atoms with Gasteiger partial charge in [-0.3, -0.25) is 14.3 Å². The molecule has 2 aromatic heterocycles. The zero-order valence-electron chi connectivity index (χ0n) is 17.6. The summed E-state index contributed by atoms with van der Waals surface area (Å²) in [7, 11) is 0. The molecule has 4 rings (SSSR count). The Hall–Kier alpha value is -3.67. The molecule has 0 bridgehead atoms. The van der Waals surface area contributed by atoms with Gasteiger partial charge in [0.2, 0.25) is 5.91 Å². The third-order valence-corrected chi connectivity index (χ3v) is 5.39. The number of benzene rings is 2. The number of nitrogens with one attached hydrogen (secondary N) is 1. The highest BCUT2D eigenvalue weighted by Crippen LogP contribution is 2.19. The lowest BCUT2D eigenvalue weighted by atomic mass is 10.1. The number of aryl methyl sites for hydroxylation is 4. The van der Waals surface area contributed by atoms with Crippen LogP contribution in [0.5, 0.6) is 0 Å². The van der Waals surface area contributed by atoms with Gasteiger partial charge in [0, 0.05) is 11.9 Å². The van der Waals surface area contributed by atoms with Crippen LogP contribution in [-0.4, -0.2) is 20.3 Å². The van der Waals surface area contributed by atoms with Gasteiger partial charge in [-0.1, -0.05) is 18.2 Å². The van der Waals surface area contributed by atoms with Crippen LogP contribution in [0.3, 0.4) is 0 Å². The molecule has 0 radical (unpaired) electrons. The Kier molecular flexibility index (Phi) is 4.99. The maximum absolute atomic E-state index is 13.2. The standard InChI is InChI=1S/C24H24N4O2/c1-15-7-8-17(3)21(12-15)26-22(29)14-27-23-20(6-5-11-25-23)24(30)28(27)19-10-9-16(2)18(4)13-19/h5-13H,14H2,1-4H3,(H,26,29). The van der Waals surface area contributed by atoms with Crippen LogP contribution in [0.15, 0.2) is 59.5 Å². The highest BCUT2D eigenvalue weighted by atomic mass is 16.2. The van der Waals surface area contributed by atoms with Crippen LogP contribution in [-0.2, 0) is 11.3 Å². The van der Waals surface area contributed by atoms with Gasteiger partial charge in [0.25, 0.3) is 5.56 Å². The first-order chi connectivity index (χ1) is 14.3. The second-order valence-electron chi connectivity index (χ2n) is 7.68. The molecule has 0 atom stereocenters. The minimum Gasteiger partial charge on any atom is -0.324 e. The van der Waals surface area contributed by atoms with E-state index in [9.17, 15) is 9.59 Å². The maximum Gasteiger partial charge on any atom is 0.280 e. The molecule has 0 saturated carbocycles. The molecule has 1 amide bonds. The molecule has 0 unspecified atom stereocenters. The monoisotopic (exact) mass is 400 g/mol. The van der Waals surface area contributed by atoms with Crippen LogP contribution in [0.1, 0.15) is 22.3 Å². The number of pyridine rings is 1. The molecule has 0 saturated heterocycles. The van der Waals surface area contributed by atoms with E-state index in [2.05, 4.69) is 10.3 Å². The molecule has 2 heterocycles. The summed E-state index contributed by atoms with van der Waals surface area (Å²) in [5, 5.41) is 3.45. The van der Waals surface area contributed by atoms with Gasteiger partial charge in [0.05, 0.1) is 11.1 Å².